The lowest BCUT2D eigenvalue weighted by Gasteiger charge is -2.43. The second kappa shape index (κ2) is 8.20. The van der Waals surface area contributed by atoms with Gasteiger partial charge in [0.15, 0.2) is 0 Å². The maximum atomic E-state index is 12.5. The van der Waals surface area contributed by atoms with Crippen LogP contribution in [0, 0.1) is 0 Å². The molecule has 0 saturated carbocycles. The number of ether oxygens (including phenoxy) is 1. The lowest BCUT2D eigenvalue weighted by atomic mass is 10.00. The molecule has 2 N–H and O–H groups in total. The molecule has 0 unspecified atom stereocenters. The SMILES string of the molecule is CCOC(=O)Nc1ccc(NC(=O)N2CCN3CCCC[C@H]3C2)cc1. The summed E-state index contributed by atoms with van der Waals surface area (Å²) < 4.78 is 4.83. The molecule has 1 aromatic rings. The van der Waals surface area contributed by atoms with Crippen molar-refractivity contribution in [3.05, 3.63) is 24.3 Å². The highest BCUT2D eigenvalue weighted by Gasteiger charge is 2.30. The number of hydrogen-bond acceptors (Lipinski definition) is 4. The molecule has 2 heterocycles. The van der Waals surface area contributed by atoms with Gasteiger partial charge in [-0.2, -0.15) is 0 Å². The highest BCUT2D eigenvalue weighted by molar-refractivity contribution is 5.90. The monoisotopic (exact) mass is 346 g/mol. The van der Waals surface area contributed by atoms with Crippen molar-refractivity contribution in [1.82, 2.24) is 9.80 Å². The minimum absolute atomic E-state index is 0.0590. The van der Waals surface area contributed by atoms with Crippen LogP contribution in [0.4, 0.5) is 21.0 Å². The first-order valence-electron chi connectivity index (χ1n) is 8.99. The lowest BCUT2D eigenvalue weighted by molar-refractivity contribution is 0.0678. The van der Waals surface area contributed by atoms with E-state index in [0.717, 1.165) is 26.2 Å². The van der Waals surface area contributed by atoms with Gasteiger partial charge in [-0.1, -0.05) is 6.42 Å². The van der Waals surface area contributed by atoms with E-state index in [-0.39, 0.29) is 6.03 Å². The number of nitrogens with one attached hydrogen (secondary N) is 2. The molecule has 0 aliphatic carbocycles. The number of rotatable bonds is 3. The van der Waals surface area contributed by atoms with Crippen molar-refractivity contribution in [3.8, 4) is 0 Å². The van der Waals surface area contributed by atoms with Crippen LogP contribution >= 0.6 is 0 Å². The van der Waals surface area contributed by atoms with E-state index in [2.05, 4.69) is 15.5 Å². The molecule has 1 atom stereocenters. The van der Waals surface area contributed by atoms with Gasteiger partial charge >= 0.3 is 12.1 Å². The Morgan fingerprint density at radius 1 is 1.08 bits per heavy atom. The predicted molar refractivity (Wildman–Crippen MR) is 96.9 cm³/mol. The summed E-state index contributed by atoms with van der Waals surface area (Å²) in [6.45, 7) is 5.77. The molecule has 2 aliphatic heterocycles. The summed E-state index contributed by atoms with van der Waals surface area (Å²) in [7, 11) is 0. The Morgan fingerprint density at radius 3 is 2.52 bits per heavy atom. The van der Waals surface area contributed by atoms with Gasteiger partial charge in [0.05, 0.1) is 6.61 Å². The Kier molecular flexibility index (Phi) is 5.75. The van der Waals surface area contributed by atoms with Crippen LogP contribution in [0.15, 0.2) is 24.3 Å². The molecule has 0 spiro atoms. The van der Waals surface area contributed by atoms with E-state index in [1.165, 1.54) is 19.3 Å². The molecule has 1 aromatic carbocycles. The average molecular weight is 346 g/mol. The summed E-state index contributed by atoms with van der Waals surface area (Å²) >= 11 is 0. The third kappa shape index (κ3) is 4.63. The van der Waals surface area contributed by atoms with Crippen LogP contribution < -0.4 is 10.6 Å². The number of fused-ring (bicyclic) bond motifs is 1. The minimum Gasteiger partial charge on any atom is -0.450 e. The number of hydrogen-bond donors (Lipinski definition) is 2. The Labute approximate surface area is 148 Å². The summed E-state index contributed by atoms with van der Waals surface area (Å²) in [6, 6.07) is 7.48. The minimum atomic E-state index is -0.482. The van der Waals surface area contributed by atoms with Gasteiger partial charge in [-0.05, 0) is 50.6 Å². The van der Waals surface area contributed by atoms with Crippen LogP contribution in [0.25, 0.3) is 0 Å². The second-order valence-corrected chi connectivity index (χ2v) is 6.48. The predicted octanol–water partition coefficient (Wildman–Crippen LogP) is 2.96. The number of piperidine rings is 1. The van der Waals surface area contributed by atoms with Crippen molar-refractivity contribution >= 4 is 23.5 Å². The first kappa shape index (κ1) is 17.5. The average Bonchev–Trinajstić information content (AvgIpc) is 2.63. The summed E-state index contributed by atoms with van der Waals surface area (Å²) in [5.74, 6) is 0. The van der Waals surface area contributed by atoms with Gasteiger partial charge in [-0.15, -0.1) is 0 Å². The molecule has 3 rings (SSSR count). The molecule has 3 amide bonds. The smallest absolute Gasteiger partial charge is 0.411 e. The van der Waals surface area contributed by atoms with Gasteiger partial charge in [-0.3, -0.25) is 10.2 Å². The number of urea groups is 1. The molecule has 0 radical (unpaired) electrons. The molecule has 2 saturated heterocycles. The zero-order valence-electron chi connectivity index (χ0n) is 14.7. The van der Waals surface area contributed by atoms with Crippen molar-refractivity contribution in [2.45, 2.75) is 32.2 Å². The number of anilines is 2. The standard InChI is InChI=1S/C18H26N4O3/c1-2-25-18(24)20-15-8-6-14(7-9-15)19-17(23)22-12-11-21-10-4-3-5-16(21)13-22/h6-9,16H,2-5,10-13H2,1H3,(H,19,23)(H,20,24)/t16-/m0/s1. The van der Waals surface area contributed by atoms with E-state index in [9.17, 15) is 9.59 Å². The summed E-state index contributed by atoms with van der Waals surface area (Å²) in [4.78, 5) is 28.3. The number of carbonyl (C=O) groups is 2. The van der Waals surface area contributed by atoms with Crippen molar-refractivity contribution in [1.29, 1.82) is 0 Å². The first-order valence-corrected chi connectivity index (χ1v) is 8.99. The number of piperazine rings is 1. The summed E-state index contributed by atoms with van der Waals surface area (Å²) in [6.07, 6.45) is 3.22. The van der Waals surface area contributed by atoms with Gasteiger partial charge < -0.3 is 15.0 Å². The molecule has 2 fully saturated rings. The van der Waals surface area contributed by atoms with Crippen LogP contribution in [0.3, 0.4) is 0 Å². The Hall–Kier alpha value is -2.28. The fraction of sp³-hybridized carbons (Fsp3) is 0.556. The largest absolute Gasteiger partial charge is 0.450 e. The Bertz CT molecular complexity index is 605. The van der Waals surface area contributed by atoms with Gasteiger partial charge in [0.2, 0.25) is 0 Å². The number of nitrogens with zero attached hydrogens (tertiary/aromatic N) is 2. The third-order valence-corrected chi connectivity index (χ3v) is 4.78. The molecule has 136 valence electrons. The van der Waals surface area contributed by atoms with Gasteiger partial charge in [0.25, 0.3) is 0 Å². The van der Waals surface area contributed by atoms with Crippen molar-refractivity contribution in [2.24, 2.45) is 0 Å². The summed E-state index contributed by atoms with van der Waals surface area (Å²) in [5.41, 5.74) is 1.35. The number of benzene rings is 1. The van der Waals surface area contributed by atoms with E-state index in [4.69, 9.17) is 4.74 Å². The lowest BCUT2D eigenvalue weighted by Crippen LogP contribution is -2.56. The number of carbonyl (C=O) groups excluding carboxylic acids is 2. The van der Waals surface area contributed by atoms with Crippen molar-refractivity contribution in [3.63, 3.8) is 0 Å². The highest BCUT2D eigenvalue weighted by atomic mass is 16.5. The molecular weight excluding hydrogens is 320 g/mol. The zero-order valence-corrected chi connectivity index (χ0v) is 14.7. The van der Waals surface area contributed by atoms with Crippen LogP contribution in [0.2, 0.25) is 0 Å². The quantitative estimate of drug-likeness (QED) is 0.882. The molecule has 25 heavy (non-hydrogen) atoms. The molecule has 7 heteroatoms. The van der Waals surface area contributed by atoms with Crippen molar-refractivity contribution in [2.75, 3.05) is 43.4 Å². The molecule has 2 aliphatic rings. The van der Waals surface area contributed by atoms with Crippen LogP contribution in [-0.4, -0.2) is 60.8 Å². The second-order valence-electron chi connectivity index (χ2n) is 6.48. The van der Waals surface area contributed by atoms with E-state index in [1.54, 1.807) is 31.2 Å². The van der Waals surface area contributed by atoms with E-state index >= 15 is 0 Å². The normalized spacial score (nSPS) is 20.5. The first-order chi connectivity index (χ1) is 12.2. The fourth-order valence-corrected chi connectivity index (χ4v) is 3.46. The van der Waals surface area contributed by atoms with E-state index < -0.39 is 6.09 Å². The maximum absolute atomic E-state index is 12.5. The van der Waals surface area contributed by atoms with Gasteiger partial charge in [-0.25, -0.2) is 9.59 Å². The fourth-order valence-electron chi connectivity index (χ4n) is 3.46. The zero-order chi connectivity index (χ0) is 17.6. The van der Waals surface area contributed by atoms with E-state index in [1.807, 2.05) is 4.90 Å². The Balaban J connectivity index is 1.51. The van der Waals surface area contributed by atoms with E-state index in [0.29, 0.717) is 24.0 Å². The van der Waals surface area contributed by atoms with Crippen LogP contribution in [0.5, 0.6) is 0 Å². The molecular formula is C18H26N4O3. The Morgan fingerprint density at radius 2 is 1.80 bits per heavy atom. The van der Waals surface area contributed by atoms with Crippen LogP contribution in [-0.2, 0) is 4.74 Å². The summed E-state index contributed by atoms with van der Waals surface area (Å²) in [5, 5.41) is 5.57. The topological polar surface area (TPSA) is 73.9 Å². The van der Waals surface area contributed by atoms with Crippen LogP contribution in [0.1, 0.15) is 26.2 Å². The number of amides is 3. The molecule has 0 bridgehead atoms. The molecule has 7 nitrogen and oxygen atoms in total. The maximum Gasteiger partial charge on any atom is 0.411 e. The van der Waals surface area contributed by atoms with Gasteiger partial charge in [0.1, 0.15) is 0 Å². The van der Waals surface area contributed by atoms with Crippen molar-refractivity contribution < 1.29 is 14.3 Å². The third-order valence-electron chi connectivity index (χ3n) is 4.78. The molecule has 0 aromatic heterocycles. The highest BCUT2D eigenvalue weighted by Crippen LogP contribution is 2.22. The van der Waals surface area contributed by atoms with Gasteiger partial charge in [0, 0.05) is 37.1 Å².